The number of nitrogens with zero attached hydrogens (tertiary/aromatic N) is 4. The van der Waals surface area contributed by atoms with Gasteiger partial charge in [-0.2, -0.15) is 5.10 Å². The van der Waals surface area contributed by atoms with Crippen molar-refractivity contribution in [2.24, 2.45) is 0 Å². The van der Waals surface area contributed by atoms with Crippen molar-refractivity contribution in [3.63, 3.8) is 0 Å². The van der Waals surface area contributed by atoms with Gasteiger partial charge in [0.1, 0.15) is 22.8 Å². The number of aromatic nitrogens is 3. The number of amides is 1. The lowest BCUT2D eigenvalue weighted by Crippen LogP contribution is -2.35. The summed E-state index contributed by atoms with van der Waals surface area (Å²) in [4.78, 5) is 18.5. The number of carbonyl (C=O) groups excluding carboxylic acids is 1. The molecule has 1 aromatic carbocycles. The van der Waals surface area contributed by atoms with E-state index < -0.39 is 5.60 Å². The average Bonchev–Trinajstić information content (AvgIpc) is 3.51. The first-order valence-electron chi connectivity index (χ1n) is 11.0. The highest BCUT2D eigenvalue weighted by atomic mass is 16.6. The Labute approximate surface area is 192 Å². The average molecular weight is 446 g/mol. The number of pyridine rings is 1. The van der Waals surface area contributed by atoms with Crippen LogP contribution in [0.25, 0.3) is 33.4 Å². The fraction of sp³-hybridized carbons (Fsp3) is 0.320. The molecule has 4 heterocycles. The second-order valence-electron chi connectivity index (χ2n) is 9.38. The number of hydrogen-bond acceptors (Lipinski definition) is 6. The maximum absolute atomic E-state index is 12.4. The number of carbonyl (C=O) groups is 1. The van der Waals surface area contributed by atoms with Gasteiger partial charge in [-0.25, -0.2) is 9.78 Å². The van der Waals surface area contributed by atoms with E-state index in [0.717, 1.165) is 34.1 Å². The first-order chi connectivity index (χ1) is 15.8. The van der Waals surface area contributed by atoms with Gasteiger partial charge >= 0.3 is 6.09 Å². The van der Waals surface area contributed by atoms with E-state index in [1.807, 2.05) is 74.2 Å². The monoisotopic (exact) mass is 445 g/mol. The van der Waals surface area contributed by atoms with E-state index in [4.69, 9.17) is 14.9 Å². The standard InChI is InChI=1S/C25H27N5O3/c1-25(2,3)33-24(31)29-9-8-19(15-29)30-14-18(13-28-30)17-10-20(23(26)27-12-17)22-11-16-6-4-5-7-21(16)32-22/h4-7,10-14,19H,8-9,15H2,1-3H3,(H2,26,27)/t19-/m1/s1. The minimum Gasteiger partial charge on any atom is -0.456 e. The van der Waals surface area contributed by atoms with Crippen molar-refractivity contribution < 1.29 is 13.9 Å². The summed E-state index contributed by atoms with van der Waals surface area (Å²) >= 11 is 0. The lowest BCUT2D eigenvalue weighted by molar-refractivity contribution is 0.0288. The predicted molar refractivity (Wildman–Crippen MR) is 127 cm³/mol. The summed E-state index contributed by atoms with van der Waals surface area (Å²) in [7, 11) is 0. The van der Waals surface area contributed by atoms with Crippen LogP contribution < -0.4 is 5.73 Å². The minimum atomic E-state index is -0.506. The van der Waals surface area contributed by atoms with Crippen molar-refractivity contribution in [1.29, 1.82) is 0 Å². The summed E-state index contributed by atoms with van der Waals surface area (Å²) in [6, 6.07) is 11.9. The van der Waals surface area contributed by atoms with Gasteiger partial charge in [-0.3, -0.25) is 4.68 Å². The highest BCUT2D eigenvalue weighted by Crippen LogP contribution is 2.34. The van der Waals surface area contributed by atoms with Gasteiger partial charge in [-0.05, 0) is 45.4 Å². The first-order valence-corrected chi connectivity index (χ1v) is 11.0. The molecule has 0 bridgehead atoms. The van der Waals surface area contributed by atoms with Crippen LogP contribution in [0.15, 0.2) is 59.4 Å². The third kappa shape index (κ3) is 4.28. The number of rotatable bonds is 3. The van der Waals surface area contributed by atoms with E-state index in [1.54, 1.807) is 11.1 Å². The van der Waals surface area contributed by atoms with E-state index in [9.17, 15) is 4.79 Å². The van der Waals surface area contributed by atoms with Gasteiger partial charge in [-0.1, -0.05) is 18.2 Å². The van der Waals surface area contributed by atoms with Gasteiger partial charge in [0.15, 0.2) is 0 Å². The van der Waals surface area contributed by atoms with E-state index in [-0.39, 0.29) is 12.1 Å². The number of nitrogen functional groups attached to an aromatic ring is 1. The quantitative estimate of drug-likeness (QED) is 0.470. The van der Waals surface area contributed by atoms with Crippen LogP contribution in [0.5, 0.6) is 0 Å². The molecule has 33 heavy (non-hydrogen) atoms. The third-order valence-electron chi connectivity index (χ3n) is 5.73. The van der Waals surface area contributed by atoms with Crippen molar-refractivity contribution >= 4 is 22.9 Å². The predicted octanol–water partition coefficient (Wildman–Crippen LogP) is 5.12. The summed E-state index contributed by atoms with van der Waals surface area (Å²) in [5.74, 6) is 1.09. The van der Waals surface area contributed by atoms with Gasteiger partial charge < -0.3 is 19.8 Å². The molecule has 1 fully saturated rings. The Morgan fingerprint density at radius 2 is 2.00 bits per heavy atom. The van der Waals surface area contributed by atoms with Gasteiger partial charge in [0.05, 0.1) is 17.8 Å². The molecule has 1 saturated heterocycles. The molecule has 8 nitrogen and oxygen atoms in total. The zero-order valence-electron chi connectivity index (χ0n) is 19.0. The van der Waals surface area contributed by atoms with Crippen LogP contribution in [-0.4, -0.2) is 44.4 Å². The van der Waals surface area contributed by atoms with Gasteiger partial charge in [-0.15, -0.1) is 0 Å². The van der Waals surface area contributed by atoms with Crippen molar-refractivity contribution in [2.45, 2.75) is 38.8 Å². The molecule has 1 atom stereocenters. The SMILES string of the molecule is CC(C)(C)OC(=O)N1CC[C@@H](n2cc(-c3cnc(N)c(-c4cc5ccccc5o4)c3)cn2)C1. The Morgan fingerprint density at radius 1 is 1.18 bits per heavy atom. The second kappa shape index (κ2) is 7.95. The topological polar surface area (TPSA) is 99.4 Å². The number of fused-ring (bicyclic) bond motifs is 1. The van der Waals surface area contributed by atoms with E-state index in [2.05, 4.69) is 10.1 Å². The van der Waals surface area contributed by atoms with Crippen LogP contribution in [-0.2, 0) is 4.74 Å². The molecule has 0 radical (unpaired) electrons. The molecule has 4 aromatic rings. The zero-order valence-corrected chi connectivity index (χ0v) is 19.0. The molecule has 2 N–H and O–H groups in total. The smallest absolute Gasteiger partial charge is 0.410 e. The van der Waals surface area contributed by atoms with Crippen molar-refractivity contribution in [3.8, 4) is 22.5 Å². The lowest BCUT2D eigenvalue weighted by Gasteiger charge is -2.24. The van der Waals surface area contributed by atoms with Crippen LogP contribution in [0.1, 0.15) is 33.2 Å². The van der Waals surface area contributed by atoms with E-state index in [1.165, 1.54) is 0 Å². The number of hydrogen-bond donors (Lipinski definition) is 1. The Kier molecular flexibility index (Phi) is 5.08. The maximum atomic E-state index is 12.4. The number of likely N-dealkylation sites (tertiary alicyclic amines) is 1. The number of para-hydroxylation sites is 1. The van der Waals surface area contributed by atoms with Crippen molar-refractivity contribution in [2.75, 3.05) is 18.8 Å². The fourth-order valence-electron chi connectivity index (χ4n) is 4.08. The highest BCUT2D eigenvalue weighted by Gasteiger charge is 2.31. The summed E-state index contributed by atoms with van der Waals surface area (Å²) in [6.07, 6.45) is 6.08. The minimum absolute atomic E-state index is 0.0999. The van der Waals surface area contributed by atoms with Crippen LogP contribution >= 0.6 is 0 Å². The van der Waals surface area contributed by atoms with Crippen LogP contribution in [0.2, 0.25) is 0 Å². The first kappa shape index (κ1) is 21.1. The Morgan fingerprint density at radius 3 is 2.79 bits per heavy atom. The molecule has 1 aliphatic rings. The summed E-state index contributed by atoms with van der Waals surface area (Å²) in [5, 5.41) is 5.57. The largest absolute Gasteiger partial charge is 0.456 e. The highest BCUT2D eigenvalue weighted by molar-refractivity contribution is 5.86. The molecule has 5 rings (SSSR count). The molecule has 1 aliphatic heterocycles. The molecule has 0 saturated carbocycles. The molecule has 0 spiro atoms. The molecule has 1 amide bonds. The summed E-state index contributed by atoms with van der Waals surface area (Å²) in [6.45, 7) is 6.84. The van der Waals surface area contributed by atoms with Crippen molar-refractivity contribution in [1.82, 2.24) is 19.7 Å². The molecular weight excluding hydrogens is 418 g/mol. The summed E-state index contributed by atoms with van der Waals surface area (Å²) in [5.41, 5.74) is 9.04. The van der Waals surface area contributed by atoms with Crippen molar-refractivity contribution in [3.05, 3.63) is 55.0 Å². The summed E-state index contributed by atoms with van der Waals surface area (Å²) < 4.78 is 13.4. The number of benzene rings is 1. The number of anilines is 1. The fourth-order valence-corrected chi connectivity index (χ4v) is 4.08. The Bertz CT molecular complexity index is 1280. The zero-order chi connectivity index (χ0) is 23.2. The Balaban J connectivity index is 1.36. The molecule has 8 heteroatoms. The van der Waals surface area contributed by atoms with E-state index in [0.29, 0.717) is 24.7 Å². The molecule has 170 valence electrons. The number of nitrogens with two attached hydrogens (primary N) is 1. The van der Waals surface area contributed by atoms with Gasteiger partial charge in [0, 0.05) is 42.0 Å². The third-order valence-corrected chi connectivity index (χ3v) is 5.73. The van der Waals surface area contributed by atoms with Gasteiger partial charge in [0.25, 0.3) is 0 Å². The van der Waals surface area contributed by atoms with Gasteiger partial charge in [0.2, 0.25) is 0 Å². The van der Waals surface area contributed by atoms with E-state index >= 15 is 0 Å². The normalized spacial score (nSPS) is 16.5. The molecular formula is C25H27N5O3. The lowest BCUT2D eigenvalue weighted by atomic mass is 10.1. The van der Waals surface area contributed by atoms with Crippen LogP contribution in [0.3, 0.4) is 0 Å². The second-order valence-corrected chi connectivity index (χ2v) is 9.38. The number of ether oxygens (including phenoxy) is 1. The molecule has 0 aliphatic carbocycles. The number of furan rings is 1. The Hall–Kier alpha value is -3.81. The van der Waals surface area contributed by atoms with Crippen LogP contribution in [0.4, 0.5) is 10.6 Å². The maximum Gasteiger partial charge on any atom is 0.410 e. The molecule has 0 unspecified atom stereocenters. The molecule has 3 aromatic heterocycles. The van der Waals surface area contributed by atoms with Crippen LogP contribution in [0, 0.1) is 0 Å².